The Hall–Kier alpha value is -3.18. The zero-order valence-electron chi connectivity index (χ0n) is 14.8. The van der Waals surface area contributed by atoms with Gasteiger partial charge >= 0.3 is 5.97 Å². The fourth-order valence-corrected chi connectivity index (χ4v) is 3.54. The van der Waals surface area contributed by atoms with Crippen LogP contribution in [0.1, 0.15) is 22.8 Å². The van der Waals surface area contributed by atoms with Crippen molar-refractivity contribution in [3.8, 4) is 11.1 Å². The van der Waals surface area contributed by atoms with Gasteiger partial charge in [-0.25, -0.2) is 4.79 Å². The summed E-state index contributed by atoms with van der Waals surface area (Å²) in [6, 6.07) is 19.1. The normalized spacial score (nSPS) is 10.7. The van der Waals surface area contributed by atoms with Crippen molar-refractivity contribution >= 4 is 34.3 Å². The van der Waals surface area contributed by atoms with Gasteiger partial charge in [0.1, 0.15) is 10.6 Å². The highest BCUT2D eigenvalue weighted by molar-refractivity contribution is 7.15. The number of esters is 1. The van der Waals surface area contributed by atoms with Gasteiger partial charge in [0.2, 0.25) is 5.91 Å². The zero-order valence-corrected chi connectivity index (χ0v) is 15.7. The van der Waals surface area contributed by atoms with Crippen molar-refractivity contribution in [3.05, 3.63) is 83.2 Å². The van der Waals surface area contributed by atoms with Gasteiger partial charge in [-0.05, 0) is 24.1 Å². The molecule has 0 saturated carbocycles. The summed E-state index contributed by atoms with van der Waals surface area (Å²) in [6.45, 7) is 2.03. The molecule has 0 aliphatic rings. The first kappa shape index (κ1) is 18.6. The molecule has 1 heterocycles. The summed E-state index contributed by atoms with van der Waals surface area (Å²) in [5, 5.41) is 5.14. The van der Waals surface area contributed by atoms with Crippen molar-refractivity contribution in [3.63, 3.8) is 0 Å². The molecule has 2 aromatic carbocycles. The van der Waals surface area contributed by atoms with E-state index in [1.54, 1.807) is 13.0 Å². The van der Waals surface area contributed by atoms with Crippen LogP contribution in [0.15, 0.2) is 72.1 Å². The molecule has 0 atom stereocenters. The highest BCUT2D eigenvalue weighted by Crippen LogP contribution is 2.36. The highest BCUT2D eigenvalue weighted by Gasteiger charge is 2.22. The minimum atomic E-state index is -0.444. The molecule has 0 spiro atoms. The smallest absolute Gasteiger partial charge is 0.341 e. The molecule has 0 unspecified atom stereocenters. The van der Waals surface area contributed by atoms with Crippen LogP contribution in [0.3, 0.4) is 0 Å². The van der Waals surface area contributed by atoms with Crippen LogP contribution in [0, 0.1) is 0 Å². The molecule has 27 heavy (non-hydrogen) atoms. The van der Waals surface area contributed by atoms with Crippen LogP contribution in [0.25, 0.3) is 17.2 Å². The van der Waals surface area contributed by atoms with E-state index in [2.05, 4.69) is 5.32 Å². The predicted octanol–water partition coefficient (Wildman–Crippen LogP) is 5.24. The third-order valence-electron chi connectivity index (χ3n) is 3.82. The molecule has 4 nitrogen and oxygen atoms in total. The van der Waals surface area contributed by atoms with E-state index in [0.29, 0.717) is 10.6 Å². The molecule has 5 heteroatoms. The summed E-state index contributed by atoms with van der Waals surface area (Å²) in [5.74, 6) is -0.745. The maximum absolute atomic E-state index is 12.5. The molecule has 0 aliphatic heterocycles. The van der Waals surface area contributed by atoms with E-state index in [1.807, 2.05) is 66.0 Å². The Morgan fingerprint density at radius 3 is 2.37 bits per heavy atom. The average molecular weight is 377 g/mol. The van der Waals surface area contributed by atoms with Crippen molar-refractivity contribution < 1.29 is 14.3 Å². The van der Waals surface area contributed by atoms with Gasteiger partial charge in [-0.2, -0.15) is 0 Å². The minimum Gasteiger partial charge on any atom is -0.462 e. The highest BCUT2D eigenvalue weighted by atomic mass is 32.1. The lowest BCUT2D eigenvalue weighted by atomic mass is 10.0. The zero-order chi connectivity index (χ0) is 19.1. The van der Waals surface area contributed by atoms with Gasteiger partial charge in [0.15, 0.2) is 0 Å². The Morgan fingerprint density at radius 1 is 1.04 bits per heavy atom. The van der Waals surface area contributed by atoms with Crippen molar-refractivity contribution in [1.29, 1.82) is 0 Å². The lowest BCUT2D eigenvalue weighted by molar-refractivity contribution is -0.111. The molecule has 136 valence electrons. The fourth-order valence-electron chi connectivity index (χ4n) is 2.58. The Bertz CT molecular complexity index is 946. The van der Waals surface area contributed by atoms with Gasteiger partial charge in [-0.15, -0.1) is 11.3 Å². The number of thiophene rings is 1. The maximum atomic E-state index is 12.5. The first-order chi connectivity index (χ1) is 13.2. The third-order valence-corrected chi connectivity index (χ3v) is 4.71. The van der Waals surface area contributed by atoms with E-state index in [0.717, 1.165) is 16.7 Å². The molecule has 0 saturated heterocycles. The van der Waals surface area contributed by atoms with Gasteiger partial charge in [0.05, 0.1) is 6.61 Å². The quantitative estimate of drug-likeness (QED) is 0.472. The van der Waals surface area contributed by atoms with Crippen molar-refractivity contribution in [2.75, 3.05) is 11.9 Å². The topological polar surface area (TPSA) is 55.4 Å². The van der Waals surface area contributed by atoms with Crippen LogP contribution in [0.2, 0.25) is 0 Å². The van der Waals surface area contributed by atoms with Crippen molar-refractivity contribution in [1.82, 2.24) is 0 Å². The van der Waals surface area contributed by atoms with E-state index in [9.17, 15) is 9.59 Å². The minimum absolute atomic E-state index is 0.268. The van der Waals surface area contributed by atoms with Crippen molar-refractivity contribution in [2.45, 2.75) is 6.92 Å². The van der Waals surface area contributed by atoms with Gasteiger partial charge < -0.3 is 10.1 Å². The summed E-state index contributed by atoms with van der Waals surface area (Å²) < 4.78 is 5.20. The number of nitrogens with one attached hydrogen (secondary N) is 1. The first-order valence-corrected chi connectivity index (χ1v) is 9.45. The van der Waals surface area contributed by atoms with Crippen LogP contribution < -0.4 is 5.32 Å². The first-order valence-electron chi connectivity index (χ1n) is 8.57. The number of hydrogen-bond acceptors (Lipinski definition) is 4. The average Bonchev–Trinajstić information content (AvgIpc) is 3.11. The molecule has 0 aliphatic carbocycles. The summed E-state index contributed by atoms with van der Waals surface area (Å²) in [5.41, 5.74) is 2.96. The second-order valence-corrected chi connectivity index (χ2v) is 6.55. The molecule has 0 bridgehead atoms. The van der Waals surface area contributed by atoms with E-state index >= 15 is 0 Å². The van der Waals surface area contributed by atoms with Crippen LogP contribution in [-0.2, 0) is 9.53 Å². The molecule has 3 aromatic rings. The standard InChI is InChI=1S/C22H19NO3S/c1-2-26-22(25)20-18(17-11-7-4-8-12-17)15-27-21(20)23-19(24)14-13-16-9-5-3-6-10-16/h3-15H,2H2,1H3,(H,23,24). The van der Waals surface area contributed by atoms with Crippen molar-refractivity contribution in [2.24, 2.45) is 0 Å². The maximum Gasteiger partial charge on any atom is 0.341 e. The molecule has 1 amide bonds. The number of carbonyl (C=O) groups excluding carboxylic acids is 2. The molecular formula is C22H19NO3S. The molecule has 3 rings (SSSR count). The van der Waals surface area contributed by atoms with E-state index in [1.165, 1.54) is 17.4 Å². The second kappa shape index (κ2) is 8.96. The number of anilines is 1. The number of benzene rings is 2. The van der Waals surface area contributed by atoms with Crippen LogP contribution in [-0.4, -0.2) is 18.5 Å². The molecule has 0 radical (unpaired) electrons. The molecule has 1 N–H and O–H groups in total. The van der Waals surface area contributed by atoms with Gasteiger partial charge in [-0.1, -0.05) is 60.7 Å². The Labute approximate surface area is 162 Å². The summed E-state index contributed by atoms with van der Waals surface area (Å²) in [4.78, 5) is 24.8. The third kappa shape index (κ3) is 4.71. The predicted molar refractivity (Wildman–Crippen MR) is 110 cm³/mol. The Morgan fingerprint density at radius 2 is 1.70 bits per heavy atom. The fraction of sp³-hybridized carbons (Fsp3) is 0.0909. The largest absolute Gasteiger partial charge is 0.462 e. The second-order valence-electron chi connectivity index (χ2n) is 5.67. The molecule has 1 aromatic heterocycles. The summed E-state index contributed by atoms with van der Waals surface area (Å²) in [6.07, 6.45) is 3.18. The van der Waals surface area contributed by atoms with Gasteiger partial charge in [0.25, 0.3) is 0 Å². The molecule has 0 fully saturated rings. The lowest BCUT2D eigenvalue weighted by Gasteiger charge is -2.07. The Kier molecular flexibility index (Phi) is 6.18. The van der Waals surface area contributed by atoms with Crippen LogP contribution in [0.5, 0.6) is 0 Å². The number of carbonyl (C=O) groups is 2. The number of amides is 1. The van der Waals surface area contributed by atoms with E-state index < -0.39 is 5.97 Å². The lowest BCUT2D eigenvalue weighted by Crippen LogP contribution is -2.12. The Balaban J connectivity index is 1.86. The van der Waals surface area contributed by atoms with Crippen LogP contribution >= 0.6 is 11.3 Å². The number of hydrogen-bond donors (Lipinski definition) is 1. The SMILES string of the molecule is CCOC(=O)c1c(-c2ccccc2)csc1NC(=O)C=Cc1ccccc1. The monoisotopic (exact) mass is 377 g/mol. The summed E-state index contributed by atoms with van der Waals surface area (Å²) in [7, 11) is 0. The number of rotatable bonds is 6. The van der Waals surface area contributed by atoms with Gasteiger partial charge in [-0.3, -0.25) is 4.79 Å². The van der Waals surface area contributed by atoms with Crippen LogP contribution in [0.4, 0.5) is 5.00 Å². The van der Waals surface area contributed by atoms with E-state index in [-0.39, 0.29) is 12.5 Å². The molecular weight excluding hydrogens is 358 g/mol. The van der Waals surface area contributed by atoms with Gasteiger partial charge in [0, 0.05) is 17.0 Å². The summed E-state index contributed by atoms with van der Waals surface area (Å²) >= 11 is 1.31. The number of ether oxygens (including phenoxy) is 1. The van der Waals surface area contributed by atoms with E-state index in [4.69, 9.17) is 4.74 Å².